The molecule has 0 unspecified atom stereocenters. The lowest BCUT2D eigenvalue weighted by atomic mass is 10.3. The first-order valence-corrected chi connectivity index (χ1v) is 7.28. The van der Waals surface area contributed by atoms with E-state index in [-0.39, 0.29) is 11.7 Å². The lowest BCUT2D eigenvalue weighted by molar-refractivity contribution is -0.134. The number of carbonyl (C=O) groups is 1. The first-order valence-electron chi connectivity index (χ1n) is 4.45. The van der Waals surface area contributed by atoms with Crippen molar-refractivity contribution in [3.05, 3.63) is 24.3 Å². The van der Waals surface area contributed by atoms with Gasteiger partial charge in [-0.1, -0.05) is 10.2 Å². The van der Waals surface area contributed by atoms with Crippen LogP contribution in [0.1, 0.15) is 12.8 Å². The zero-order valence-corrected chi connectivity index (χ0v) is 10.4. The van der Waals surface area contributed by atoms with Gasteiger partial charge >= 0.3 is 5.97 Å². The van der Waals surface area contributed by atoms with Gasteiger partial charge in [0, 0.05) is 12.2 Å². The summed E-state index contributed by atoms with van der Waals surface area (Å²) in [6.45, 7) is 0. The molecule has 0 saturated heterocycles. The van der Waals surface area contributed by atoms with Crippen LogP contribution in [-0.4, -0.2) is 16.8 Å². The van der Waals surface area contributed by atoms with Crippen molar-refractivity contribution < 1.29 is 14.6 Å². The van der Waals surface area contributed by atoms with Gasteiger partial charge in [0.05, 0.1) is 0 Å². The van der Waals surface area contributed by atoms with Gasteiger partial charge in [0.1, 0.15) is 11.5 Å². The van der Waals surface area contributed by atoms with Crippen molar-refractivity contribution in [1.29, 1.82) is 0 Å². The van der Waals surface area contributed by atoms with Crippen molar-refractivity contribution in [1.82, 2.24) is 0 Å². The van der Waals surface area contributed by atoms with Gasteiger partial charge in [0.25, 0.3) is 0 Å². The number of rotatable bonds is 5. The van der Waals surface area contributed by atoms with Gasteiger partial charge in [0.2, 0.25) is 0 Å². The molecule has 3 nitrogen and oxygen atoms in total. The number of benzene rings is 1. The van der Waals surface area contributed by atoms with Gasteiger partial charge in [-0.25, -0.2) is 0 Å². The molecule has 1 aromatic rings. The van der Waals surface area contributed by atoms with Crippen molar-refractivity contribution in [2.45, 2.75) is 12.8 Å². The molecule has 0 saturated carbocycles. The third-order valence-corrected chi connectivity index (χ3v) is 3.08. The van der Waals surface area contributed by atoms with Gasteiger partial charge in [-0.2, -0.15) is 0 Å². The minimum atomic E-state index is -0.248. The predicted molar refractivity (Wildman–Crippen MR) is 64.4 cm³/mol. The minimum Gasteiger partial charge on any atom is -0.508 e. The van der Waals surface area contributed by atoms with Crippen LogP contribution in [0.5, 0.6) is 11.5 Å². The summed E-state index contributed by atoms with van der Waals surface area (Å²) in [5.41, 5.74) is 0. The van der Waals surface area contributed by atoms with Crippen molar-refractivity contribution >= 4 is 31.0 Å². The highest BCUT2D eigenvalue weighted by molar-refractivity contribution is 9.50. The second-order valence-corrected chi connectivity index (χ2v) is 4.88. The Morgan fingerprint density at radius 3 is 2.67 bits per heavy atom. The maximum Gasteiger partial charge on any atom is 0.311 e. The molecule has 0 bridgehead atoms. The maximum absolute atomic E-state index is 11.3. The number of ether oxygens (including phenoxy) is 1. The zero-order chi connectivity index (χ0) is 11.1. The van der Waals surface area contributed by atoms with Gasteiger partial charge in [0.15, 0.2) is 0 Å². The molecule has 0 spiro atoms. The lowest BCUT2D eigenvalue weighted by Crippen LogP contribution is -2.07. The van der Waals surface area contributed by atoms with E-state index < -0.39 is 0 Å². The van der Waals surface area contributed by atoms with Crippen molar-refractivity contribution in [3.63, 3.8) is 0 Å². The number of phenolic OH excluding ortho intramolecular Hbond substituents is 1. The fourth-order valence-corrected chi connectivity index (χ4v) is 1.91. The molecule has 5 heteroatoms. The summed E-state index contributed by atoms with van der Waals surface area (Å²) in [6.07, 6.45) is 1.19. The molecule has 0 aromatic heterocycles. The zero-order valence-electron chi connectivity index (χ0n) is 7.98. The molecule has 0 aliphatic rings. The molecule has 15 heavy (non-hydrogen) atoms. The summed E-state index contributed by atoms with van der Waals surface area (Å²) >= 11 is 3.21. The first-order chi connectivity index (χ1) is 7.22. The lowest BCUT2D eigenvalue weighted by Gasteiger charge is -2.03. The highest BCUT2D eigenvalue weighted by atomic mass is 79.9. The largest absolute Gasteiger partial charge is 0.508 e. The van der Waals surface area contributed by atoms with Crippen LogP contribution in [0.3, 0.4) is 0 Å². The fourth-order valence-electron chi connectivity index (χ4n) is 0.968. The molecule has 0 aliphatic heterocycles. The van der Waals surface area contributed by atoms with Gasteiger partial charge in [-0.3, -0.25) is 4.79 Å². The van der Waals surface area contributed by atoms with Crippen molar-refractivity contribution in [2.24, 2.45) is 0 Å². The average Bonchev–Trinajstić information content (AvgIpc) is 2.22. The minimum absolute atomic E-state index is 0.158. The van der Waals surface area contributed by atoms with Crippen LogP contribution >= 0.6 is 25.0 Å². The SMILES string of the molecule is O=C(CCCSBr)Oc1ccc(O)cc1. The van der Waals surface area contributed by atoms with Crippen LogP contribution in [-0.2, 0) is 4.79 Å². The Morgan fingerprint density at radius 2 is 2.07 bits per heavy atom. The van der Waals surface area contributed by atoms with Crippen molar-refractivity contribution in [3.8, 4) is 11.5 Å². The van der Waals surface area contributed by atoms with E-state index in [1.165, 1.54) is 22.3 Å². The molecule has 1 aromatic carbocycles. The Balaban J connectivity index is 2.34. The smallest absolute Gasteiger partial charge is 0.311 e. The Morgan fingerprint density at radius 1 is 1.40 bits per heavy atom. The number of esters is 1. The molecule has 1 N–H and O–H groups in total. The third kappa shape index (κ3) is 5.09. The molecule has 0 heterocycles. The average molecular weight is 291 g/mol. The van der Waals surface area contributed by atoms with E-state index >= 15 is 0 Å². The molecule has 0 amide bonds. The van der Waals surface area contributed by atoms with Crippen LogP contribution in [0.15, 0.2) is 24.3 Å². The second kappa shape index (κ2) is 6.74. The van der Waals surface area contributed by atoms with E-state index in [1.807, 2.05) is 0 Å². The number of hydrogen-bond donors (Lipinski definition) is 1. The number of phenols is 1. The van der Waals surface area contributed by atoms with E-state index in [4.69, 9.17) is 9.84 Å². The number of carbonyl (C=O) groups excluding carboxylic acids is 1. The third-order valence-electron chi connectivity index (χ3n) is 1.67. The van der Waals surface area contributed by atoms with E-state index in [0.29, 0.717) is 12.2 Å². The van der Waals surface area contributed by atoms with Gasteiger partial charge in [-0.15, -0.1) is 0 Å². The fraction of sp³-hybridized carbons (Fsp3) is 0.300. The van der Waals surface area contributed by atoms with Crippen LogP contribution in [0.25, 0.3) is 0 Å². The van der Waals surface area contributed by atoms with E-state index in [1.54, 1.807) is 12.1 Å². The van der Waals surface area contributed by atoms with Crippen LogP contribution in [0, 0.1) is 0 Å². The predicted octanol–water partition coefficient (Wildman–Crippen LogP) is 3.12. The Hall–Kier alpha value is -0.680. The summed E-state index contributed by atoms with van der Waals surface area (Å²) < 4.78 is 5.04. The first kappa shape index (κ1) is 12.4. The van der Waals surface area contributed by atoms with E-state index in [9.17, 15) is 4.79 Å². The Bertz CT molecular complexity index is 313. The molecule has 82 valence electrons. The summed E-state index contributed by atoms with van der Waals surface area (Å²) in [4.78, 5) is 11.3. The number of aromatic hydroxyl groups is 1. The summed E-state index contributed by atoms with van der Waals surface area (Å²) in [5, 5.41) is 9.02. The molecule has 0 radical (unpaired) electrons. The van der Waals surface area contributed by atoms with Crippen molar-refractivity contribution in [2.75, 3.05) is 5.75 Å². The molecular formula is C10H11BrO3S. The second-order valence-electron chi connectivity index (χ2n) is 2.88. The van der Waals surface area contributed by atoms with Crippen LogP contribution in [0.4, 0.5) is 0 Å². The van der Waals surface area contributed by atoms with Gasteiger partial charge in [-0.05, 0) is 45.5 Å². The standard InChI is InChI=1S/C10H11BrO3S/c11-15-7-1-2-10(13)14-9-5-3-8(12)4-6-9/h3-6,12H,1-2,7H2. The van der Waals surface area contributed by atoms with Crippen LogP contribution in [0.2, 0.25) is 0 Å². The summed E-state index contributed by atoms with van der Waals surface area (Å²) in [6, 6.07) is 6.09. The molecular weight excluding hydrogens is 280 g/mol. The Labute approximate surface area is 100 Å². The monoisotopic (exact) mass is 290 g/mol. The molecule has 0 atom stereocenters. The molecule has 1 rings (SSSR count). The van der Waals surface area contributed by atoms with E-state index in [0.717, 1.165) is 12.2 Å². The maximum atomic E-state index is 11.3. The Kier molecular flexibility index (Phi) is 5.57. The number of halogens is 1. The highest BCUT2D eigenvalue weighted by Gasteiger charge is 2.04. The quantitative estimate of drug-likeness (QED) is 0.514. The van der Waals surface area contributed by atoms with Gasteiger partial charge < -0.3 is 9.84 Å². The molecule has 0 fully saturated rings. The topological polar surface area (TPSA) is 46.5 Å². The number of hydrogen-bond acceptors (Lipinski definition) is 4. The summed E-state index contributed by atoms with van der Waals surface area (Å²) in [5.74, 6) is 1.25. The molecule has 0 aliphatic carbocycles. The normalized spacial score (nSPS) is 9.93. The van der Waals surface area contributed by atoms with Crippen LogP contribution < -0.4 is 4.74 Å². The summed E-state index contributed by atoms with van der Waals surface area (Å²) in [7, 11) is 1.52. The highest BCUT2D eigenvalue weighted by Crippen LogP contribution is 2.17. The van der Waals surface area contributed by atoms with E-state index in [2.05, 4.69) is 14.8 Å².